The number of nitrogens with one attached hydrogen (secondary N) is 1. The van der Waals surface area contributed by atoms with E-state index in [0.717, 1.165) is 25.0 Å². The predicted octanol–water partition coefficient (Wildman–Crippen LogP) is 2.22. The molecule has 0 spiro atoms. The van der Waals surface area contributed by atoms with Gasteiger partial charge in [0.1, 0.15) is 11.8 Å². The lowest BCUT2D eigenvalue weighted by molar-refractivity contribution is -0.142. The van der Waals surface area contributed by atoms with Crippen molar-refractivity contribution in [3.8, 4) is 5.75 Å². The maximum atomic E-state index is 11.5. The van der Waals surface area contributed by atoms with Crippen LogP contribution in [-0.4, -0.2) is 26.2 Å². The van der Waals surface area contributed by atoms with Gasteiger partial charge in [0.2, 0.25) is 0 Å². The van der Waals surface area contributed by atoms with E-state index in [9.17, 15) is 4.79 Å². The summed E-state index contributed by atoms with van der Waals surface area (Å²) in [5.74, 6) is 0.668. The number of hydrogen-bond acceptors (Lipinski definition) is 4. The van der Waals surface area contributed by atoms with Crippen LogP contribution in [0.5, 0.6) is 5.75 Å². The van der Waals surface area contributed by atoms with Crippen molar-refractivity contribution >= 4 is 5.97 Å². The molecular formula is C15H21NO3. The van der Waals surface area contributed by atoms with Gasteiger partial charge in [-0.1, -0.05) is 6.07 Å². The number of hydrogen-bond donors (Lipinski definition) is 1. The van der Waals surface area contributed by atoms with Crippen LogP contribution in [0, 0.1) is 0 Å². The van der Waals surface area contributed by atoms with Gasteiger partial charge in [-0.05, 0) is 49.4 Å². The van der Waals surface area contributed by atoms with Crippen LogP contribution in [0.1, 0.15) is 36.9 Å². The van der Waals surface area contributed by atoms with E-state index in [1.807, 2.05) is 13.0 Å². The number of rotatable bonds is 4. The number of ether oxygens (including phenoxy) is 2. The van der Waals surface area contributed by atoms with Crippen molar-refractivity contribution < 1.29 is 14.3 Å². The van der Waals surface area contributed by atoms with Gasteiger partial charge in [0.05, 0.1) is 14.2 Å². The summed E-state index contributed by atoms with van der Waals surface area (Å²) in [6, 6.07) is 6.08. The Morgan fingerprint density at radius 2 is 2.21 bits per heavy atom. The van der Waals surface area contributed by atoms with Crippen molar-refractivity contribution in [1.29, 1.82) is 0 Å². The third kappa shape index (κ3) is 3.07. The summed E-state index contributed by atoms with van der Waals surface area (Å²) in [4.78, 5) is 11.5. The van der Waals surface area contributed by atoms with E-state index >= 15 is 0 Å². The topological polar surface area (TPSA) is 47.6 Å². The second-order valence-corrected chi connectivity index (χ2v) is 4.92. The second kappa shape index (κ2) is 6.06. The number of aryl methyl sites for hydroxylation is 1. The predicted molar refractivity (Wildman–Crippen MR) is 73.3 cm³/mol. The minimum Gasteiger partial charge on any atom is -0.497 e. The van der Waals surface area contributed by atoms with E-state index < -0.39 is 0 Å². The first-order chi connectivity index (χ1) is 9.15. The van der Waals surface area contributed by atoms with Gasteiger partial charge in [0.25, 0.3) is 0 Å². The quantitative estimate of drug-likeness (QED) is 0.846. The Morgan fingerprint density at radius 3 is 2.89 bits per heavy atom. The number of methoxy groups -OCH3 is 2. The molecule has 2 rings (SSSR count). The lowest BCUT2D eigenvalue weighted by atomic mass is 9.87. The van der Waals surface area contributed by atoms with Gasteiger partial charge in [-0.15, -0.1) is 0 Å². The molecule has 0 bridgehead atoms. The summed E-state index contributed by atoms with van der Waals surface area (Å²) < 4.78 is 10.0. The molecule has 0 heterocycles. The zero-order chi connectivity index (χ0) is 13.8. The van der Waals surface area contributed by atoms with Gasteiger partial charge in [-0.2, -0.15) is 0 Å². The molecule has 1 aliphatic rings. The smallest absolute Gasteiger partial charge is 0.322 e. The first-order valence-electron chi connectivity index (χ1n) is 6.66. The number of carbonyl (C=O) groups excluding carboxylic acids is 1. The molecule has 19 heavy (non-hydrogen) atoms. The SMILES string of the molecule is COC(=O)C(C)NC1CCCc2cc(OC)ccc21. The van der Waals surface area contributed by atoms with Gasteiger partial charge in [0, 0.05) is 6.04 Å². The van der Waals surface area contributed by atoms with Crippen molar-refractivity contribution in [3.63, 3.8) is 0 Å². The largest absolute Gasteiger partial charge is 0.497 e. The highest BCUT2D eigenvalue weighted by Crippen LogP contribution is 2.32. The zero-order valence-electron chi connectivity index (χ0n) is 11.7. The van der Waals surface area contributed by atoms with Crippen molar-refractivity contribution in [2.24, 2.45) is 0 Å². The van der Waals surface area contributed by atoms with Crippen LogP contribution >= 0.6 is 0 Å². The van der Waals surface area contributed by atoms with Gasteiger partial charge < -0.3 is 9.47 Å². The molecule has 1 aromatic carbocycles. The number of benzene rings is 1. The van der Waals surface area contributed by atoms with E-state index in [4.69, 9.17) is 9.47 Å². The van der Waals surface area contributed by atoms with Crippen LogP contribution in [0.15, 0.2) is 18.2 Å². The maximum Gasteiger partial charge on any atom is 0.322 e. The minimum absolute atomic E-state index is 0.212. The molecule has 4 heteroatoms. The van der Waals surface area contributed by atoms with Gasteiger partial charge in [-0.3, -0.25) is 10.1 Å². The van der Waals surface area contributed by atoms with E-state index in [2.05, 4.69) is 17.4 Å². The second-order valence-electron chi connectivity index (χ2n) is 4.92. The fourth-order valence-electron chi connectivity index (χ4n) is 2.64. The fraction of sp³-hybridized carbons (Fsp3) is 0.533. The fourth-order valence-corrected chi connectivity index (χ4v) is 2.64. The highest BCUT2D eigenvalue weighted by Gasteiger charge is 2.24. The Bertz CT molecular complexity index is 459. The van der Waals surface area contributed by atoms with Gasteiger partial charge >= 0.3 is 5.97 Å². The number of carbonyl (C=O) groups is 1. The lowest BCUT2D eigenvalue weighted by Crippen LogP contribution is -2.38. The van der Waals surface area contributed by atoms with E-state index in [1.54, 1.807) is 7.11 Å². The minimum atomic E-state index is -0.289. The molecule has 4 nitrogen and oxygen atoms in total. The molecule has 1 N–H and O–H groups in total. The molecule has 2 unspecified atom stereocenters. The van der Waals surface area contributed by atoms with Crippen molar-refractivity contribution in [3.05, 3.63) is 29.3 Å². The van der Waals surface area contributed by atoms with E-state index in [1.165, 1.54) is 18.2 Å². The van der Waals surface area contributed by atoms with Crippen molar-refractivity contribution in [2.45, 2.75) is 38.3 Å². The molecule has 0 saturated carbocycles. The summed E-state index contributed by atoms with van der Waals surface area (Å²) in [5, 5.41) is 3.35. The van der Waals surface area contributed by atoms with Gasteiger partial charge in [-0.25, -0.2) is 0 Å². The Morgan fingerprint density at radius 1 is 1.42 bits per heavy atom. The van der Waals surface area contributed by atoms with Crippen LogP contribution < -0.4 is 10.1 Å². The Labute approximate surface area is 114 Å². The molecule has 104 valence electrons. The van der Waals surface area contributed by atoms with Gasteiger partial charge in [0.15, 0.2) is 0 Å². The average Bonchev–Trinajstić information content (AvgIpc) is 2.45. The molecule has 2 atom stereocenters. The molecule has 1 aliphatic carbocycles. The number of esters is 1. The Balaban J connectivity index is 2.16. The molecular weight excluding hydrogens is 242 g/mol. The Hall–Kier alpha value is -1.55. The highest BCUT2D eigenvalue weighted by molar-refractivity contribution is 5.75. The first kappa shape index (κ1) is 13.9. The lowest BCUT2D eigenvalue weighted by Gasteiger charge is -2.28. The average molecular weight is 263 g/mol. The summed E-state index contributed by atoms with van der Waals surface area (Å²) in [6.45, 7) is 1.84. The molecule has 0 aromatic heterocycles. The third-order valence-corrected chi connectivity index (χ3v) is 3.67. The van der Waals surface area contributed by atoms with Crippen molar-refractivity contribution in [2.75, 3.05) is 14.2 Å². The summed E-state index contributed by atoms with van der Waals surface area (Å²) in [6.07, 6.45) is 3.23. The van der Waals surface area contributed by atoms with E-state index in [-0.39, 0.29) is 18.1 Å². The first-order valence-corrected chi connectivity index (χ1v) is 6.66. The molecule has 0 saturated heterocycles. The molecule has 0 amide bonds. The normalized spacial score (nSPS) is 19.4. The Kier molecular flexibility index (Phi) is 4.43. The molecule has 0 fully saturated rings. The standard InChI is InChI=1S/C15H21NO3/c1-10(15(17)19-3)16-14-6-4-5-11-9-12(18-2)7-8-13(11)14/h7-10,14,16H,4-6H2,1-3H3. The van der Waals surface area contributed by atoms with Crippen LogP contribution in [0.3, 0.4) is 0 Å². The monoisotopic (exact) mass is 263 g/mol. The molecule has 1 aromatic rings. The highest BCUT2D eigenvalue weighted by atomic mass is 16.5. The molecule has 0 aliphatic heterocycles. The maximum absolute atomic E-state index is 11.5. The zero-order valence-corrected chi connectivity index (χ0v) is 11.7. The third-order valence-electron chi connectivity index (χ3n) is 3.67. The van der Waals surface area contributed by atoms with Crippen LogP contribution in [-0.2, 0) is 16.0 Å². The van der Waals surface area contributed by atoms with Crippen LogP contribution in [0.4, 0.5) is 0 Å². The van der Waals surface area contributed by atoms with Crippen molar-refractivity contribution in [1.82, 2.24) is 5.32 Å². The van der Waals surface area contributed by atoms with Crippen LogP contribution in [0.2, 0.25) is 0 Å². The summed E-state index contributed by atoms with van der Waals surface area (Å²) >= 11 is 0. The number of fused-ring (bicyclic) bond motifs is 1. The molecule has 0 radical (unpaired) electrons. The summed E-state index contributed by atoms with van der Waals surface area (Å²) in [5.41, 5.74) is 2.57. The van der Waals surface area contributed by atoms with E-state index in [0.29, 0.717) is 0 Å². The summed E-state index contributed by atoms with van der Waals surface area (Å²) in [7, 11) is 3.10. The van der Waals surface area contributed by atoms with Crippen LogP contribution in [0.25, 0.3) is 0 Å².